The van der Waals surface area contributed by atoms with E-state index in [0.717, 1.165) is 214 Å². The molecule has 6 aliphatic rings. The second-order valence-corrected chi connectivity index (χ2v) is 40.5. The maximum absolute atomic E-state index is 10.5. The molecule has 136 heavy (non-hydrogen) atoms. The molecule has 0 aromatic heterocycles. The molecule has 14 nitrogen and oxygen atoms in total. The van der Waals surface area contributed by atoms with E-state index >= 15 is 0 Å². The van der Waals surface area contributed by atoms with Crippen molar-refractivity contribution in [3.63, 3.8) is 0 Å². The average molecular weight is 1880 g/mol. The second kappa shape index (κ2) is 68.3. The largest absolute Gasteiger partial charge is 0.493 e. The molecule has 0 amide bonds. The Hall–Kier alpha value is -7.78. The standard InChI is InChI=1S/C19H30O2.C18H26O2.C18H28O2.C18H30O2.C17H26O2.C16H24O2.C16H26O2/c1-3-16(4-2)19(20)17-11-8-12-18(13-17)21-14-15-9-6-5-7-10-15;1-2-4-18(19)15-5-3-6-17(11-15)20-12-16-10-13-7-8-14(16)9-13;1-3-14(2)18(19)16-10-7-11-17(12-16)20-13-15-8-5-4-6-9-15;1-5-9-16(10-6-2)14-19-17-11-8-12-18(13-17)20-15(4)7-3;1-3-14(2)19-17-11-7-10-16(12-17)18-13-15-8-5-4-6-9-15;1-3-13(2)18-16-10-6-9-15(11-16)17-12-14-7-4-5-8-14;1-5-13(4)18-16-10-8-9-15(11-16)17-12-14(6-2)7-3/h8,11-13,15-16,19-20H,3-7,9-10,14H2,1-2H3;3,5-6,11,13-14,16,18-19H,2,4,7-10,12H2,1H3;7,10-12,14-15,18-19H,3-6,8-9,13H2,1-2H3;8,11-13,15-16H,5-7,9-10,14H2,1-4H3;7,10-12,14-15H,3-6,8-9,13H2,1-2H3;6,9-11,13-14H,3-5,7-8,12H2,1-2H3;8-11,13-14H,5-7,12H2,1-4H3/t19-;;14-,18+;15-;14-;2*13-/m1.01111/s1. The third-order valence-electron chi connectivity index (χ3n) is 29.2. The highest BCUT2D eigenvalue weighted by atomic mass is 16.5. The second-order valence-electron chi connectivity index (χ2n) is 40.5. The van der Waals surface area contributed by atoms with Crippen LogP contribution in [0.4, 0.5) is 0 Å². The van der Waals surface area contributed by atoms with Crippen molar-refractivity contribution in [2.45, 2.75) is 404 Å². The van der Waals surface area contributed by atoms with Gasteiger partial charge in [0, 0.05) is 24.3 Å². The molecule has 7 aromatic carbocycles. The van der Waals surface area contributed by atoms with Gasteiger partial charge >= 0.3 is 0 Å². The van der Waals surface area contributed by atoms with Crippen molar-refractivity contribution in [3.05, 3.63) is 187 Å². The van der Waals surface area contributed by atoms with Gasteiger partial charge in [0.1, 0.15) is 63.2 Å². The molecule has 6 aliphatic carbocycles. The Kier molecular flexibility index (Phi) is 57.9. The average Bonchev–Trinajstić information content (AvgIpc) is 1.67. The molecule has 0 spiro atoms. The molecule has 762 valence electrons. The van der Waals surface area contributed by atoms with Gasteiger partial charge in [0.15, 0.2) is 0 Å². The summed E-state index contributed by atoms with van der Waals surface area (Å²) in [7, 11) is 0. The molecular formula is C122H190O14. The minimum Gasteiger partial charge on any atom is -0.493 e. The lowest BCUT2D eigenvalue weighted by molar-refractivity contribution is 0.103. The zero-order valence-corrected chi connectivity index (χ0v) is 88.2. The number of hydrogen-bond acceptors (Lipinski definition) is 14. The van der Waals surface area contributed by atoms with Gasteiger partial charge < -0.3 is 67.4 Å². The fraction of sp³-hybridized carbons (Fsp3) is 0.656. The summed E-state index contributed by atoms with van der Waals surface area (Å²) < 4.78 is 64.7. The number of ether oxygens (including phenoxy) is 11. The molecular weight excluding hydrogens is 1690 g/mol. The van der Waals surface area contributed by atoms with Gasteiger partial charge in [0.05, 0.1) is 89.0 Å². The van der Waals surface area contributed by atoms with Gasteiger partial charge in [0.2, 0.25) is 0 Å². The highest BCUT2D eigenvalue weighted by Gasteiger charge is 2.40. The Balaban J connectivity index is 0.000000216. The van der Waals surface area contributed by atoms with Crippen LogP contribution in [0.5, 0.6) is 63.2 Å². The van der Waals surface area contributed by atoms with Crippen molar-refractivity contribution in [1.29, 1.82) is 0 Å². The van der Waals surface area contributed by atoms with Crippen LogP contribution < -0.4 is 52.1 Å². The molecule has 0 saturated heterocycles. The summed E-state index contributed by atoms with van der Waals surface area (Å²) in [5.41, 5.74) is 2.95. The fourth-order valence-corrected chi connectivity index (χ4v) is 19.2. The van der Waals surface area contributed by atoms with E-state index in [1.54, 1.807) is 0 Å². The quantitative estimate of drug-likeness (QED) is 0.0330. The Morgan fingerprint density at radius 3 is 0.890 bits per heavy atom. The molecule has 14 heteroatoms. The molecule has 0 heterocycles. The van der Waals surface area contributed by atoms with Gasteiger partial charge in [0.25, 0.3) is 0 Å². The smallest absolute Gasteiger partial charge is 0.123 e. The van der Waals surface area contributed by atoms with E-state index < -0.39 is 6.10 Å². The third kappa shape index (κ3) is 45.6. The van der Waals surface area contributed by atoms with Crippen LogP contribution >= 0.6 is 0 Å². The van der Waals surface area contributed by atoms with Crippen LogP contribution in [0.1, 0.15) is 397 Å². The summed E-state index contributed by atoms with van der Waals surface area (Å²) in [6, 6.07) is 56.0. The zero-order chi connectivity index (χ0) is 97.9. The zero-order valence-electron chi connectivity index (χ0n) is 88.2. The van der Waals surface area contributed by atoms with Crippen molar-refractivity contribution in [3.8, 4) is 63.2 Å². The number of aliphatic hydroxyl groups excluding tert-OH is 3. The first-order valence-electron chi connectivity index (χ1n) is 54.9. The molecule has 0 radical (unpaired) electrons. The first-order valence-corrected chi connectivity index (χ1v) is 54.9. The van der Waals surface area contributed by atoms with Crippen LogP contribution in [0.2, 0.25) is 0 Å². The molecule has 6 saturated carbocycles. The van der Waals surface area contributed by atoms with Crippen molar-refractivity contribution < 1.29 is 67.4 Å². The lowest BCUT2D eigenvalue weighted by atomic mass is 9.89. The first kappa shape index (κ1) is 115. The number of hydrogen-bond donors (Lipinski definition) is 3. The molecule has 7 aromatic rings. The summed E-state index contributed by atoms with van der Waals surface area (Å²) in [6.07, 6.45) is 47.2. The van der Waals surface area contributed by atoms with Crippen molar-refractivity contribution in [1.82, 2.24) is 0 Å². The van der Waals surface area contributed by atoms with Gasteiger partial charge in [-0.15, -0.1) is 0 Å². The van der Waals surface area contributed by atoms with E-state index in [1.165, 1.54) is 186 Å². The maximum atomic E-state index is 10.5. The fourth-order valence-electron chi connectivity index (χ4n) is 19.2. The van der Waals surface area contributed by atoms with Crippen LogP contribution in [0.25, 0.3) is 0 Å². The minimum atomic E-state index is -0.391. The normalized spacial score (nSPS) is 18.3. The lowest BCUT2D eigenvalue weighted by Gasteiger charge is -2.23. The van der Waals surface area contributed by atoms with E-state index in [-0.39, 0.29) is 42.5 Å². The predicted octanol–water partition coefficient (Wildman–Crippen LogP) is 33.6. The topological polar surface area (TPSA) is 162 Å². The summed E-state index contributed by atoms with van der Waals surface area (Å²) >= 11 is 0. The third-order valence-corrected chi connectivity index (χ3v) is 29.2. The SMILES string of the molecule is CCC(CC)COc1cccc(O[C@H](C)CC)c1.CCC(CC)[C@@H](O)c1cccc(OCC2CCCCC2)c1.CCCC(CCC)COc1cccc(O[C@H](C)CC)c1.CCCC(O)c1cccc(OCC2CC3CCC2C3)c1.CC[C@@H](C)Oc1cccc(OCC2CCCC2)c1.CC[C@@H](C)Oc1cccc(OCC2CCCCC2)c1.CC[C@H](C)[C@@H](O)c1cccc(OCC2CCCCC2)c1. The molecule has 11 atom stereocenters. The Morgan fingerprint density at radius 1 is 0.272 bits per heavy atom. The van der Waals surface area contributed by atoms with E-state index in [2.05, 4.69) is 118 Å². The molecule has 13 rings (SSSR count). The maximum Gasteiger partial charge on any atom is 0.123 e. The summed E-state index contributed by atoms with van der Waals surface area (Å²) in [4.78, 5) is 0. The van der Waals surface area contributed by atoms with Crippen LogP contribution in [-0.2, 0) is 0 Å². The van der Waals surface area contributed by atoms with E-state index in [9.17, 15) is 15.3 Å². The van der Waals surface area contributed by atoms with E-state index in [1.807, 2.05) is 170 Å². The van der Waals surface area contributed by atoms with Gasteiger partial charge in [-0.2, -0.15) is 0 Å². The van der Waals surface area contributed by atoms with E-state index in [0.29, 0.717) is 29.6 Å². The predicted molar refractivity (Wildman–Crippen MR) is 566 cm³/mol. The number of aliphatic hydroxyl groups is 3. The minimum absolute atomic E-state index is 0.248. The Morgan fingerprint density at radius 2 is 0.574 bits per heavy atom. The van der Waals surface area contributed by atoms with E-state index in [4.69, 9.17) is 52.1 Å². The highest BCUT2D eigenvalue weighted by Crippen LogP contribution is 2.49. The number of fused-ring (bicyclic) bond motifs is 2. The van der Waals surface area contributed by atoms with Crippen molar-refractivity contribution in [2.75, 3.05) is 46.2 Å². The lowest BCUT2D eigenvalue weighted by Crippen LogP contribution is -2.18. The van der Waals surface area contributed by atoms with Crippen LogP contribution in [0.3, 0.4) is 0 Å². The van der Waals surface area contributed by atoms with Crippen molar-refractivity contribution in [2.24, 2.45) is 65.1 Å². The Labute approximate surface area is 828 Å². The molecule has 2 bridgehead atoms. The number of benzene rings is 7. The summed E-state index contributed by atoms with van der Waals surface area (Å²) in [6.45, 7) is 42.1. The highest BCUT2D eigenvalue weighted by molar-refractivity contribution is 5.37. The van der Waals surface area contributed by atoms with Gasteiger partial charge in [-0.05, 0) is 310 Å². The number of rotatable bonds is 49. The molecule has 0 aliphatic heterocycles. The molecule has 4 unspecified atom stereocenters. The summed E-state index contributed by atoms with van der Waals surface area (Å²) in [5.74, 6) is 17.5. The summed E-state index contributed by atoms with van der Waals surface area (Å²) in [5, 5.41) is 30.8. The molecule has 6 fully saturated rings. The first-order chi connectivity index (χ1) is 66.1. The van der Waals surface area contributed by atoms with Gasteiger partial charge in [-0.25, -0.2) is 0 Å². The van der Waals surface area contributed by atoms with Gasteiger partial charge in [-0.3, -0.25) is 0 Å². The van der Waals surface area contributed by atoms with Gasteiger partial charge in [-0.1, -0.05) is 279 Å². The Bertz CT molecular complexity index is 4070. The van der Waals surface area contributed by atoms with Crippen LogP contribution in [0, 0.1) is 65.1 Å². The van der Waals surface area contributed by atoms with Crippen molar-refractivity contribution >= 4 is 0 Å². The van der Waals surface area contributed by atoms with Crippen LogP contribution in [-0.4, -0.2) is 86.0 Å². The molecule has 3 N–H and O–H groups in total. The van der Waals surface area contributed by atoms with Crippen LogP contribution in [0.15, 0.2) is 170 Å². The monoisotopic (exact) mass is 1880 g/mol.